The van der Waals surface area contributed by atoms with Gasteiger partial charge in [0, 0.05) is 31.9 Å². The molecule has 0 radical (unpaired) electrons. The van der Waals surface area contributed by atoms with Gasteiger partial charge in [0.05, 0.1) is 0 Å². The summed E-state index contributed by atoms with van der Waals surface area (Å²) in [4.78, 5) is 4.21. The third kappa shape index (κ3) is 4.38. The van der Waals surface area contributed by atoms with E-state index in [1.54, 1.807) is 6.20 Å². The molecule has 19 heavy (non-hydrogen) atoms. The van der Waals surface area contributed by atoms with Crippen LogP contribution in [0.25, 0.3) is 0 Å². The Morgan fingerprint density at radius 3 is 2.26 bits per heavy atom. The zero-order valence-corrected chi connectivity index (χ0v) is 15.1. The van der Waals surface area contributed by atoms with E-state index in [-0.39, 0.29) is 6.04 Å². The molecule has 2 aromatic rings. The van der Waals surface area contributed by atoms with E-state index in [9.17, 15) is 0 Å². The summed E-state index contributed by atoms with van der Waals surface area (Å²) in [6, 6.07) is 8.67. The molecule has 0 saturated heterocycles. The second kappa shape index (κ2) is 6.97. The van der Waals surface area contributed by atoms with E-state index >= 15 is 0 Å². The van der Waals surface area contributed by atoms with Crippen molar-refractivity contribution in [1.82, 2.24) is 10.3 Å². The first-order chi connectivity index (χ1) is 9.08. The van der Waals surface area contributed by atoms with Gasteiger partial charge in [0.2, 0.25) is 0 Å². The maximum Gasteiger partial charge on any atom is 0.0410 e. The largest absolute Gasteiger partial charge is 0.313 e. The van der Waals surface area contributed by atoms with Crippen molar-refractivity contribution in [3.05, 3.63) is 61.2 Å². The number of benzene rings is 1. The lowest BCUT2D eigenvalue weighted by Crippen LogP contribution is -2.19. The van der Waals surface area contributed by atoms with Gasteiger partial charge in [-0.05, 0) is 64.8 Å². The van der Waals surface area contributed by atoms with Gasteiger partial charge >= 0.3 is 0 Å². The predicted molar refractivity (Wildman–Crippen MR) is 89.3 cm³/mol. The highest BCUT2D eigenvalue weighted by Crippen LogP contribution is 2.26. The Bertz CT molecular complexity index is 552. The molecule has 0 aliphatic carbocycles. The molecule has 2 nitrogen and oxygen atoms in total. The van der Waals surface area contributed by atoms with Crippen LogP contribution < -0.4 is 5.32 Å². The van der Waals surface area contributed by atoms with Crippen LogP contribution in [-0.2, 0) is 6.42 Å². The van der Waals surface area contributed by atoms with E-state index in [4.69, 9.17) is 0 Å². The molecule has 1 heterocycles. The fourth-order valence-electron chi connectivity index (χ4n) is 1.97. The molecule has 2 rings (SSSR count). The van der Waals surface area contributed by atoms with E-state index in [2.05, 4.69) is 76.3 Å². The third-order valence-corrected chi connectivity index (χ3v) is 4.19. The van der Waals surface area contributed by atoms with Gasteiger partial charge in [0.15, 0.2) is 0 Å². The maximum atomic E-state index is 4.21. The topological polar surface area (TPSA) is 24.9 Å². The van der Waals surface area contributed by atoms with Crippen molar-refractivity contribution in [2.24, 2.45) is 0 Å². The Hall–Kier alpha value is -0.230. The quantitative estimate of drug-likeness (QED) is 0.721. The molecule has 5 heteroatoms. The van der Waals surface area contributed by atoms with Crippen molar-refractivity contribution < 1.29 is 0 Å². The predicted octanol–water partition coefficient (Wildman–Crippen LogP) is 4.87. The zero-order chi connectivity index (χ0) is 13.8. The van der Waals surface area contributed by atoms with E-state index in [1.807, 2.05) is 19.3 Å². The molecule has 100 valence electrons. The van der Waals surface area contributed by atoms with Crippen molar-refractivity contribution in [3.63, 3.8) is 0 Å². The lowest BCUT2D eigenvalue weighted by atomic mass is 10.0. The summed E-state index contributed by atoms with van der Waals surface area (Å²) in [7, 11) is 1.98. The first-order valence-electron chi connectivity index (χ1n) is 5.81. The maximum absolute atomic E-state index is 4.21. The van der Waals surface area contributed by atoms with E-state index in [0.717, 1.165) is 19.8 Å². The molecule has 1 unspecified atom stereocenters. The van der Waals surface area contributed by atoms with E-state index in [1.165, 1.54) is 11.1 Å². The van der Waals surface area contributed by atoms with Crippen LogP contribution in [0, 0.1) is 0 Å². The van der Waals surface area contributed by atoms with Gasteiger partial charge < -0.3 is 5.32 Å². The van der Waals surface area contributed by atoms with Crippen LogP contribution in [0.15, 0.2) is 50.1 Å². The number of pyridine rings is 1. The van der Waals surface area contributed by atoms with Crippen LogP contribution in [-0.4, -0.2) is 12.0 Å². The monoisotopic (exact) mass is 446 g/mol. The summed E-state index contributed by atoms with van der Waals surface area (Å²) in [6.07, 6.45) is 4.60. The number of halogens is 3. The number of hydrogen-bond donors (Lipinski definition) is 1. The van der Waals surface area contributed by atoms with Gasteiger partial charge in [0.25, 0.3) is 0 Å². The fourth-order valence-corrected chi connectivity index (χ4v) is 3.71. The highest BCUT2D eigenvalue weighted by molar-refractivity contribution is 9.11. The molecule has 1 atom stereocenters. The Kier molecular flexibility index (Phi) is 5.57. The molecule has 1 aromatic carbocycles. The zero-order valence-electron chi connectivity index (χ0n) is 10.3. The van der Waals surface area contributed by atoms with Crippen molar-refractivity contribution >= 4 is 47.8 Å². The lowest BCUT2D eigenvalue weighted by Gasteiger charge is -2.17. The highest BCUT2D eigenvalue weighted by atomic mass is 79.9. The Morgan fingerprint density at radius 1 is 1.00 bits per heavy atom. The van der Waals surface area contributed by atoms with E-state index in [0.29, 0.717) is 0 Å². The molecule has 1 N–H and O–H groups in total. The smallest absolute Gasteiger partial charge is 0.0410 e. The summed E-state index contributed by atoms with van der Waals surface area (Å²) in [5.41, 5.74) is 2.44. The Labute approximate surface area is 138 Å². The second-order valence-corrected chi connectivity index (χ2v) is 7.01. The number of likely N-dealkylation sites (N-methyl/N-ethyl adjacent to an activating group) is 1. The summed E-state index contributed by atoms with van der Waals surface area (Å²) >= 11 is 10.5. The number of nitrogens with zero attached hydrogens (tertiary/aromatic N) is 1. The van der Waals surface area contributed by atoms with Gasteiger partial charge in [-0.25, -0.2) is 0 Å². The molecule has 0 fully saturated rings. The van der Waals surface area contributed by atoms with Gasteiger partial charge in [-0.15, -0.1) is 0 Å². The van der Waals surface area contributed by atoms with E-state index < -0.39 is 0 Å². The SMILES string of the molecule is CNC(Cc1cncc(Br)c1)c1cc(Br)cc(Br)c1. The molecule has 0 amide bonds. The summed E-state index contributed by atoms with van der Waals surface area (Å²) in [6.45, 7) is 0. The molecule has 1 aromatic heterocycles. The van der Waals surface area contributed by atoms with Gasteiger partial charge in [-0.2, -0.15) is 0 Å². The number of rotatable bonds is 4. The van der Waals surface area contributed by atoms with Crippen molar-refractivity contribution in [2.45, 2.75) is 12.5 Å². The standard InChI is InChI=1S/C14H13Br3N2/c1-18-14(3-9-2-13(17)8-19-7-9)10-4-11(15)6-12(16)5-10/h2,4-8,14,18H,3H2,1H3. The molecular formula is C14H13Br3N2. The summed E-state index contributed by atoms with van der Waals surface area (Å²) in [5.74, 6) is 0. The van der Waals surface area contributed by atoms with Crippen LogP contribution in [0.2, 0.25) is 0 Å². The molecule has 0 bridgehead atoms. The molecule has 0 aliphatic rings. The molecule has 0 spiro atoms. The first-order valence-corrected chi connectivity index (χ1v) is 8.19. The van der Waals surface area contributed by atoms with Crippen molar-refractivity contribution in [3.8, 4) is 0 Å². The third-order valence-electron chi connectivity index (χ3n) is 2.84. The normalized spacial score (nSPS) is 12.4. The van der Waals surface area contributed by atoms with Gasteiger partial charge in [0.1, 0.15) is 0 Å². The minimum Gasteiger partial charge on any atom is -0.313 e. The van der Waals surface area contributed by atoms with Gasteiger partial charge in [-0.3, -0.25) is 4.98 Å². The molecule has 0 aliphatic heterocycles. The Balaban J connectivity index is 2.24. The number of aromatic nitrogens is 1. The van der Waals surface area contributed by atoms with Gasteiger partial charge in [-0.1, -0.05) is 31.9 Å². The van der Waals surface area contributed by atoms with Crippen molar-refractivity contribution in [2.75, 3.05) is 7.05 Å². The minimum absolute atomic E-state index is 0.255. The lowest BCUT2D eigenvalue weighted by molar-refractivity contribution is 0.590. The average Bonchev–Trinajstić information content (AvgIpc) is 2.34. The second-order valence-electron chi connectivity index (χ2n) is 4.26. The molecule has 0 saturated carbocycles. The van der Waals surface area contributed by atoms with Crippen LogP contribution in [0.1, 0.15) is 17.2 Å². The van der Waals surface area contributed by atoms with Crippen LogP contribution in [0.4, 0.5) is 0 Å². The van der Waals surface area contributed by atoms with Crippen LogP contribution >= 0.6 is 47.8 Å². The molecular weight excluding hydrogens is 436 g/mol. The average molecular weight is 449 g/mol. The highest BCUT2D eigenvalue weighted by Gasteiger charge is 2.12. The number of nitrogens with one attached hydrogen (secondary N) is 1. The Morgan fingerprint density at radius 2 is 1.68 bits per heavy atom. The summed E-state index contributed by atoms with van der Waals surface area (Å²) in [5, 5.41) is 3.36. The van der Waals surface area contributed by atoms with Crippen LogP contribution in [0.5, 0.6) is 0 Å². The van der Waals surface area contributed by atoms with Crippen LogP contribution in [0.3, 0.4) is 0 Å². The summed E-state index contributed by atoms with van der Waals surface area (Å²) < 4.78 is 3.16. The number of hydrogen-bond acceptors (Lipinski definition) is 2. The fraction of sp³-hybridized carbons (Fsp3) is 0.214. The first kappa shape index (κ1) is 15.2. The van der Waals surface area contributed by atoms with Crippen molar-refractivity contribution in [1.29, 1.82) is 0 Å². The minimum atomic E-state index is 0.255.